The van der Waals surface area contributed by atoms with Crippen molar-refractivity contribution in [3.63, 3.8) is 0 Å². The van der Waals surface area contributed by atoms with E-state index in [1.54, 1.807) is 12.1 Å². The van der Waals surface area contributed by atoms with Crippen LogP contribution in [0.3, 0.4) is 0 Å². The first-order chi connectivity index (χ1) is 15.3. The second kappa shape index (κ2) is 9.42. The molecular weight excluding hydrogens is 421 g/mol. The molecule has 0 saturated carbocycles. The van der Waals surface area contributed by atoms with Crippen LogP contribution in [0, 0.1) is 0 Å². The van der Waals surface area contributed by atoms with Gasteiger partial charge in [0.25, 0.3) is 0 Å². The lowest BCUT2D eigenvalue weighted by molar-refractivity contribution is -0.274. The predicted octanol–water partition coefficient (Wildman–Crippen LogP) is 4.59. The highest BCUT2D eigenvalue weighted by Gasteiger charge is 2.40. The molecule has 0 aromatic heterocycles. The summed E-state index contributed by atoms with van der Waals surface area (Å²) in [6, 6.07) is 14.1. The molecule has 0 spiro atoms. The normalized spacial score (nSPS) is 21.7. The van der Waals surface area contributed by atoms with Crippen LogP contribution in [0.4, 0.5) is 18.9 Å². The van der Waals surface area contributed by atoms with Gasteiger partial charge in [-0.2, -0.15) is 0 Å². The Hall–Kier alpha value is -2.71. The minimum absolute atomic E-state index is 0.117. The van der Waals surface area contributed by atoms with Crippen LogP contribution < -0.4 is 14.4 Å². The molecule has 2 aliphatic rings. The Kier molecular flexibility index (Phi) is 6.62. The Labute approximate surface area is 186 Å². The lowest BCUT2D eigenvalue weighted by atomic mass is 10.2. The van der Waals surface area contributed by atoms with Gasteiger partial charge in [-0.25, -0.2) is 0 Å². The maximum Gasteiger partial charge on any atom is 0.573 e. The molecule has 0 radical (unpaired) electrons. The summed E-state index contributed by atoms with van der Waals surface area (Å²) < 4.78 is 51.7. The Morgan fingerprint density at radius 1 is 0.969 bits per heavy atom. The van der Waals surface area contributed by atoms with Crippen molar-refractivity contribution in [1.82, 2.24) is 4.90 Å². The van der Waals surface area contributed by atoms with Crippen molar-refractivity contribution in [2.75, 3.05) is 50.8 Å². The minimum atomic E-state index is -4.67. The average Bonchev–Trinajstić information content (AvgIpc) is 3.51. The maximum absolute atomic E-state index is 12.2. The van der Waals surface area contributed by atoms with Crippen molar-refractivity contribution in [2.45, 2.75) is 18.9 Å². The van der Waals surface area contributed by atoms with Crippen LogP contribution in [0.5, 0.6) is 11.5 Å². The van der Waals surface area contributed by atoms with Crippen LogP contribution in [-0.4, -0.2) is 62.8 Å². The van der Waals surface area contributed by atoms with Gasteiger partial charge in [-0.1, -0.05) is 24.3 Å². The van der Waals surface area contributed by atoms with E-state index in [2.05, 4.69) is 26.7 Å². The molecular formula is C24H27F3N2O3. The third-order valence-corrected chi connectivity index (χ3v) is 5.54. The number of alkyl halides is 3. The van der Waals surface area contributed by atoms with E-state index in [9.17, 15) is 13.2 Å². The van der Waals surface area contributed by atoms with E-state index in [0.717, 1.165) is 50.6 Å². The fraction of sp³-hybridized carbons (Fsp3) is 0.417. The largest absolute Gasteiger partial charge is 0.573 e. The number of rotatable bonds is 8. The number of ether oxygens (including phenoxy) is 3. The Bertz CT molecular complexity index is 902. The third kappa shape index (κ3) is 6.64. The second-order valence-corrected chi connectivity index (χ2v) is 8.33. The van der Waals surface area contributed by atoms with Gasteiger partial charge in [0.05, 0.1) is 6.61 Å². The zero-order valence-corrected chi connectivity index (χ0v) is 18.0. The van der Waals surface area contributed by atoms with Crippen molar-refractivity contribution in [3.05, 3.63) is 60.2 Å². The summed E-state index contributed by atoms with van der Waals surface area (Å²) in [6.45, 7) is 7.92. The standard InChI is InChI=1S/C24H27F3N2O3/c1-23(18-31-23)17-30-21-10-6-20(7-11-21)29-15-13-28(14-16-29)12-2-3-19-4-8-22(9-5-19)32-24(25,26)27/h2-11H,12-18H2,1H3/t23-/m0/s1. The number of epoxide rings is 1. The van der Waals surface area contributed by atoms with Gasteiger partial charge in [0.15, 0.2) is 0 Å². The number of nitrogens with zero attached hydrogens (tertiary/aromatic N) is 2. The first kappa shape index (κ1) is 22.5. The summed E-state index contributed by atoms with van der Waals surface area (Å²) in [7, 11) is 0. The summed E-state index contributed by atoms with van der Waals surface area (Å²) in [6.07, 6.45) is -0.722. The fourth-order valence-corrected chi connectivity index (χ4v) is 3.50. The summed E-state index contributed by atoms with van der Waals surface area (Å²) in [5.41, 5.74) is 1.90. The van der Waals surface area contributed by atoms with Gasteiger partial charge in [-0.3, -0.25) is 4.90 Å². The first-order valence-electron chi connectivity index (χ1n) is 10.6. The zero-order chi connectivity index (χ0) is 22.6. The van der Waals surface area contributed by atoms with Gasteiger partial charge < -0.3 is 19.1 Å². The Morgan fingerprint density at radius 2 is 1.59 bits per heavy atom. The van der Waals surface area contributed by atoms with E-state index in [-0.39, 0.29) is 11.4 Å². The zero-order valence-electron chi connectivity index (χ0n) is 18.0. The molecule has 2 saturated heterocycles. The Balaban J connectivity index is 1.19. The van der Waals surface area contributed by atoms with Gasteiger partial charge in [0.2, 0.25) is 0 Å². The minimum Gasteiger partial charge on any atom is -0.491 e. The molecule has 172 valence electrons. The molecule has 4 rings (SSSR count). The third-order valence-electron chi connectivity index (χ3n) is 5.54. The maximum atomic E-state index is 12.2. The average molecular weight is 448 g/mol. The first-order valence-corrected chi connectivity index (χ1v) is 10.6. The SMILES string of the molecule is C[C@]1(COc2ccc(N3CCN(CC=Cc4ccc(OC(F)(F)F)cc4)CC3)cc2)CO1. The van der Waals surface area contributed by atoms with Crippen LogP contribution in [0.25, 0.3) is 6.08 Å². The highest BCUT2D eigenvalue weighted by atomic mass is 19.4. The number of piperazine rings is 1. The number of halogens is 3. The summed E-state index contributed by atoms with van der Waals surface area (Å²) in [5.74, 6) is 0.642. The van der Waals surface area contributed by atoms with Crippen molar-refractivity contribution in [1.29, 1.82) is 0 Å². The van der Waals surface area contributed by atoms with Crippen molar-refractivity contribution >= 4 is 11.8 Å². The summed E-state index contributed by atoms with van der Waals surface area (Å²) >= 11 is 0. The monoisotopic (exact) mass is 448 g/mol. The molecule has 0 aliphatic carbocycles. The van der Waals surface area contributed by atoms with Crippen LogP contribution >= 0.6 is 0 Å². The number of hydrogen-bond donors (Lipinski definition) is 0. The number of anilines is 1. The molecule has 2 fully saturated rings. The molecule has 0 N–H and O–H groups in total. The van der Waals surface area contributed by atoms with Crippen LogP contribution in [0.15, 0.2) is 54.6 Å². The van der Waals surface area contributed by atoms with Gasteiger partial charge >= 0.3 is 6.36 Å². The molecule has 0 bridgehead atoms. The fourth-order valence-electron chi connectivity index (χ4n) is 3.50. The van der Waals surface area contributed by atoms with E-state index < -0.39 is 6.36 Å². The molecule has 1 atom stereocenters. The number of benzene rings is 2. The lowest BCUT2D eigenvalue weighted by Gasteiger charge is -2.35. The van der Waals surface area contributed by atoms with E-state index >= 15 is 0 Å². The van der Waals surface area contributed by atoms with Gasteiger partial charge in [0, 0.05) is 38.4 Å². The summed E-state index contributed by atoms with van der Waals surface area (Å²) in [5, 5.41) is 0. The van der Waals surface area contributed by atoms with E-state index in [1.807, 2.05) is 31.2 Å². The van der Waals surface area contributed by atoms with Crippen LogP contribution in [-0.2, 0) is 4.74 Å². The van der Waals surface area contributed by atoms with E-state index in [1.165, 1.54) is 17.8 Å². The van der Waals surface area contributed by atoms with Crippen LogP contribution in [0.1, 0.15) is 12.5 Å². The molecule has 2 aromatic rings. The molecule has 32 heavy (non-hydrogen) atoms. The van der Waals surface area contributed by atoms with Gasteiger partial charge in [-0.05, 0) is 48.9 Å². The molecule has 2 heterocycles. The molecule has 5 nitrogen and oxygen atoms in total. The van der Waals surface area contributed by atoms with Crippen molar-refractivity contribution in [3.8, 4) is 11.5 Å². The topological polar surface area (TPSA) is 37.5 Å². The quantitative estimate of drug-likeness (QED) is 0.553. The smallest absolute Gasteiger partial charge is 0.491 e. The highest BCUT2D eigenvalue weighted by molar-refractivity contribution is 5.51. The molecule has 0 unspecified atom stereocenters. The Morgan fingerprint density at radius 3 is 2.19 bits per heavy atom. The predicted molar refractivity (Wildman–Crippen MR) is 117 cm³/mol. The molecule has 2 aromatic carbocycles. The molecule has 2 aliphatic heterocycles. The van der Waals surface area contributed by atoms with Gasteiger partial charge in [0.1, 0.15) is 23.7 Å². The van der Waals surface area contributed by atoms with Crippen molar-refractivity contribution in [2.24, 2.45) is 0 Å². The molecule has 8 heteroatoms. The number of hydrogen-bond acceptors (Lipinski definition) is 5. The summed E-state index contributed by atoms with van der Waals surface area (Å²) in [4.78, 5) is 4.70. The lowest BCUT2D eigenvalue weighted by Crippen LogP contribution is -2.46. The van der Waals surface area contributed by atoms with E-state index in [4.69, 9.17) is 9.47 Å². The van der Waals surface area contributed by atoms with Gasteiger partial charge in [-0.15, -0.1) is 13.2 Å². The molecule has 0 amide bonds. The van der Waals surface area contributed by atoms with E-state index in [0.29, 0.717) is 6.61 Å². The van der Waals surface area contributed by atoms with Crippen molar-refractivity contribution < 1.29 is 27.4 Å². The van der Waals surface area contributed by atoms with Crippen LogP contribution in [0.2, 0.25) is 0 Å². The highest BCUT2D eigenvalue weighted by Crippen LogP contribution is 2.28. The second-order valence-electron chi connectivity index (χ2n) is 8.33.